The zero-order valence-electron chi connectivity index (χ0n) is 26.4. The van der Waals surface area contributed by atoms with Gasteiger partial charge in [-0.15, -0.1) is 0 Å². The zero-order valence-corrected chi connectivity index (χ0v) is 28.8. The first kappa shape index (κ1) is 32.5. The second-order valence-electron chi connectivity index (χ2n) is 16.2. The van der Waals surface area contributed by atoms with Crippen molar-refractivity contribution in [1.82, 2.24) is 42.5 Å². The molecular formula is C32H56N8O3PdS. The minimum Gasteiger partial charge on any atom is -0.286 e. The average molecular weight is 739 g/mol. The van der Waals surface area contributed by atoms with E-state index in [1.807, 2.05) is 0 Å². The van der Waals surface area contributed by atoms with Gasteiger partial charge in [0.15, 0.2) is 0 Å². The van der Waals surface area contributed by atoms with Gasteiger partial charge >= 0.3 is 0 Å². The van der Waals surface area contributed by atoms with Gasteiger partial charge in [-0.2, -0.15) is 8.42 Å². The van der Waals surface area contributed by atoms with Crippen LogP contribution in [0.4, 0.5) is 0 Å². The molecule has 9 rings (SSSR count). The van der Waals surface area contributed by atoms with Gasteiger partial charge in [-0.05, 0) is 92.8 Å². The molecule has 9 N–H and O–H groups in total. The molecule has 5 aliphatic heterocycles. The van der Waals surface area contributed by atoms with Crippen LogP contribution in [0.15, 0.2) is 0 Å². The maximum Gasteiger partial charge on any atom is 0.268 e. The minimum atomic E-state index is -4.16. The number of hydrogen-bond donors (Lipinski definition) is 9. The first-order chi connectivity index (χ1) is 21.4. The number of fused-ring (bicyclic) bond motifs is 20. The van der Waals surface area contributed by atoms with E-state index in [2.05, 4.69) is 42.5 Å². The van der Waals surface area contributed by atoms with Gasteiger partial charge in [-0.3, -0.25) is 47.1 Å². The van der Waals surface area contributed by atoms with Crippen LogP contribution in [-0.4, -0.2) is 67.5 Å². The van der Waals surface area contributed by atoms with E-state index in [-0.39, 0.29) is 69.3 Å². The minimum absolute atomic E-state index is 0. The normalized spacial score (nSPS) is 54.3. The fourth-order valence-corrected chi connectivity index (χ4v) is 13.6. The summed E-state index contributed by atoms with van der Waals surface area (Å²) in [5.74, 6) is 3.50. The molecule has 8 bridgehead atoms. The summed E-state index contributed by atoms with van der Waals surface area (Å²) in [6.07, 6.45) is 18.9. The summed E-state index contributed by atoms with van der Waals surface area (Å²) in [7, 11) is -4.16. The molecule has 13 heteroatoms. The Labute approximate surface area is 283 Å². The van der Waals surface area contributed by atoms with Crippen LogP contribution in [0.25, 0.3) is 0 Å². The number of rotatable bonds is 1. The maximum atomic E-state index is 12.8. The topological polar surface area (TPSA) is 151 Å². The van der Waals surface area contributed by atoms with E-state index in [0.29, 0.717) is 54.3 Å². The van der Waals surface area contributed by atoms with Gasteiger partial charge in [-0.1, -0.05) is 44.9 Å². The predicted molar refractivity (Wildman–Crippen MR) is 168 cm³/mol. The van der Waals surface area contributed by atoms with Crippen LogP contribution in [0.1, 0.15) is 96.3 Å². The quantitative estimate of drug-likeness (QED) is 0.142. The summed E-state index contributed by atoms with van der Waals surface area (Å²) in [6, 6.07) is 0. The molecule has 9 fully saturated rings. The van der Waals surface area contributed by atoms with Gasteiger partial charge in [0.25, 0.3) is 10.1 Å². The molecule has 4 aliphatic carbocycles. The Morgan fingerprint density at radius 1 is 0.378 bits per heavy atom. The second kappa shape index (κ2) is 12.9. The molecule has 9 aliphatic rings. The molecule has 17 unspecified atom stereocenters. The molecule has 258 valence electrons. The van der Waals surface area contributed by atoms with Crippen molar-refractivity contribution in [3.05, 3.63) is 0 Å². The van der Waals surface area contributed by atoms with Crippen LogP contribution in [-0.2, 0) is 30.5 Å². The van der Waals surface area contributed by atoms with E-state index in [1.165, 1.54) is 77.0 Å². The fraction of sp³-hybridized carbons (Fsp3) is 1.00. The number of nitrogens with one attached hydrogen (secondary N) is 8. The number of hydrogen-bond acceptors (Lipinski definition) is 10. The first-order valence-electron chi connectivity index (χ1n) is 18.5. The van der Waals surface area contributed by atoms with Gasteiger partial charge in [-0.25, -0.2) is 0 Å². The van der Waals surface area contributed by atoms with Crippen molar-refractivity contribution in [2.24, 2.45) is 47.3 Å². The van der Waals surface area contributed by atoms with E-state index in [4.69, 9.17) is 0 Å². The molecule has 45 heavy (non-hydrogen) atoms. The van der Waals surface area contributed by atoms with Gasteiger partial charge in [0.1, 0.15) is 0 Å². The summed E-state index contributed by atoms with van der Waals surface area (Å²) < 4.78 is 36.1. The van der Waals surface area contributed by atoms with Gasteiger partial charge < -0.3 is 0 Å². The molecule has 5 saturated heterocycles. The third kappa shape index (κ3) is 5.75. The van der Waals surface area contributed by atoms with Crippen molar-refractivity contribution in [1.29, 1.82) is 0 Å². The standard InChI is InChI=1S/C32H56N8O3S.Pd/c41-44(42,43)23-15-7-14-22-24(23)32-39-30-21-13-6-5-12-20(21)28(37-30)35-26-17-9-2-1-8-16(17)25(33-26)34-27-18-10-3-4-11-19(18)29(36-27)38-31(22)40-32;/h16-40H,1-15H2,(H,41,42,43);. The summed E-state index contributed by atoms with van der Waals surface area (Å²) in [4.78, 5) is 0. The summed E-state index contributed by atoms with van der Waals surface area (Å²) in [5, 5.41) is 31.8. The Hall–Kier alpha value is 0.252. The third-order valence-corrected chi connectivity index (χ3v) is 15.5. The Bertz CT molecular complexity index is 1180. The van der Waals surface area contributed by atoms with Crippen molar-refractivity contribution < 1.29 is 33.4 Å². The van der Waals surface area contributed by atoms with Crippen molar-refractivity contribution in [3.8, 4) is 0 Å². The van der Waals surface area contributed by atoms with Crippen LogP contribution >= 0.6 is 0 Å². The van der Waals surface area contributed by atoms with Crippen LogP contribution in [0.5, 0.6) is 0 Å². The average Bonchev–Trinajstić information content (AvgIpc) is 3.76. The van der Waals surface area contributed by atoms with Crippen molar-refractivity contribution in [2.75, 3.05) is 0 Å². The van der Waals surface area contributed by atoms with E-state index >= 15 is 0 Å². The van der Waals surface area contributed by atoms with Crippen LogP contribution in [0.3, 0.4) is 0 Å². The van der Waals surface area contributed by atoms with Crippen LogP contribution in [0, 0.1) is 47.3 Å². The Morgan fingerprint density at radius 2 is 0.644 bits per heavy atom. The first-order valence-corrected chi connectivity index (χ1v) is 20.0. The molecule has 11 nitrogen and oxygen atoms in total. The SMILES string of the molecule is O=S(=O)(O)C1CCCC2C3NC4NC(NC5NC(NC6NC(NC(N3)C21)C1CCCCC61)C1CCCCC51)C1CCCCC41.[Pd]. The summed E-state index contributed by atoms with van der Waals surface area (Å²) in [5.41, 5.74) is 0. The van der Waals surface area contributed by atoms with Crippen molar-refractivity contribution in [2.45, 2.75) is 151 Å². The molecule has 17 atom stereocenters. The Balaban J connectivity index is 0.00000300. The van der Waals surface area contributed by atoms with E-state index < -0.39 is 15.4 Å². The Kier molecular flexibility index (Phi) is 9.27. The van der Waals surface area contributed by atoms with Crippen LogP contribution < -0.4 is 42.5 Å². The molecule has 4 saturated carbocycles. The van der Waals surface area contributed by atoms with Crippen LogP contribution in [0.2, 0.25) is 0 Å². The van der Waals surface area contributed by atoms with Crippen molar-refractivity contribution in [3.63, 3.8) is 0 Å². The molecular weight excluding hydrogens is 683 g/mol. The monoisotopic (exact) mass is 738 g/mol. The van der Waals surface area contributed by atoms with Gasteiger partial charge in [0.05, 0.1) is 54.6 Å². The molecule has 0 amide bonds. The zero-order chi connectivity index (χ0) is 29.6. The molecule has 0 aromatic heterocycles. The van der Waals surface area contributed by atoms with Gasteiger partial charge in [0.2, 0.25) is 0 Å². The fourth-order valence-electron chi connectivity index (χ4n) is 12.3. The summed E-state index contributed by atoms with van der Waals surface area (Å²) >= 11 is 0. The second-order valence-corrected chi connectivity index (χ2v) is 17.9. The molecule has 0 aromatic carbocycles. The molecule has 0 aromatic rings. The van der Waals surface area contributed by atoms with Crippen molar-refractivity contribution >= 4 is 10.1 Å². The van der Waals surface area contributed by atoms with E-state index in [0.717, 1.165) is 12.8 Å². The smallest absolute Gasteiger partial charge is 0.268 e. The largest absolute Gasteiger partial charge is 0.286 e. The van der Waals surface area contributed by atoms with Gasteiger partial charge in [0, 0.05) is 26.3 Å². The molecule has 5 heterocycles. The Morgan fingerprint density at radius 3 is 0.956 bits per heavy atom. The van der Waals surface area contributed by atoms with E-state index in [9.17, 15) is 13.0 Å². The summed E-state index contributed by atoms with van der Waals surface area (Å²) in [6.45, 7) is 0. The predicted octanol–water partition coefficient (Wildman–Crippen LogP) is 1.47. The maximum absolute atomic E-state index is 12.8. The third-order valence-electron chi connectivity index (χ3n) is 14.2. The molecule has 0 radical (unpaired) electrons. The molecule has 0 spiro atoms. The van der Waals surface area contributed by atoms with E-state index in [1.54, 1.807) is 0 Å².